The molecule has 0 radical (unpaired) electrons. The first kappa shape index (κ1) is 14.0. The number of rotatable bonds is 4. The van der Waals surface area contributed by atoms with Crippen molar-refractivity contribution in [1.29, 1.82) is 0 Å². The van der Waals surface area contributed by atoms with Crippen LogP contribution in [-0.2, 0) is 5.75 Å². The van der Waals surface area contributed by atoms with Gasteiger partial charge in [-0.2, -0.15) is 0 Å². The summed E-state index contributed by atoms with van der Waals surface area (Å²) in [6, 6.07) is 14.2. The van der Waals surface area contributed by atoms with E-state index in [2.05, 4.69) is 39.2 Å². The number of aryl methyl sites for hydroxylation is 1. The van der Waals surface area contributed by atoms with Crippen molar-refractivity contribution in [3.05, 3.63) is 66.1 Å². The normalized spacial score (nSPS) is 11.2. The fourth-order valence-electron chi connectivity index (χ4n) is 2.35. The Morgan fingerprint density at radius 3 is 2.78 bits per heavy atom. The minimum Gasteiger partial charge on any atom is -0.307 e. The van der Waals surface area contributed by atoms with Crippen LogP contribution in [0.5, 0.6) is 0 Å². The molecule has 0 aliphatic carbocycles. The molecule has 23 heavy (non-hydrogen) atoms. The van der Waals surface area contributed by atoms with Gasteiger partial charge in [-0.1, -0.05) is 47.7 Å². The van der Waals surface area contributed by atoms with Crippen LogP contribution < -0.4 is 0 Å². The third-order valence-electron chi connectivity index (χ3n) is 3.55. The van der Waals surface area contributed by atoms with Crippen LogP contribution in [0.4, 0.5) is 0 Å². The van der Waals surface area contributed by atoms with Crippen LogP contribution in [0.3, 0.4) is 0 Å². The number of benzene rings is 1. The second-order valence-corrected chi connectivity index (χ2v) is 6.26. The molecule has 0 saturated carbocycles. The fraction of sp³-hybridized carbons (Fsp3) is 0.118. The van der Waals surface area contributed by atoms with E-state index in [4.69, 9.17) is 0 Å². The zero-order valence-corrected chi connectivity index (χ0v) is 13.4. The van der Waals surface area contributed by atoms with Crippen molar-refractivity contribution in [1.82, 2.24) is 24.6 Å². The van der Waals surface area contributed by atoms with E-state index < -0.39 is 0 Å². The predicted octanol–water partition coefficient (Wildman–Crippen LogP) is 3.72. The molecule has 0 fully saturated rings. The molecule has 0 saturated heterocycles. The zero-order valence-electron chi connectivity index (χ0n) is 12.6. The molecular formula is C17H15N5S. The smallest absolute Gasteiger partial charge is 0.209 e. The van der Waals surface area contributed by atoms with Gasteiger partial charge in [0.2, 0.25) is 5.16 Å². The summed E-state index contributed by atoms with van der Waals surface area (Å²) in [6.07, 6.45) is 4.04. The lowest BCUT2D eigenvalue weighted by molar-refractivity contribution is 0.972. The van der Waals surface area contributed by atoms with Gasteiger partial charge in [-0.25, -0.2) is 9.97 Å². The minimum absolute atomic E-state index is 0.734. The van der Waals surface area contributed by atoms with Crippen molar-refractivity contribution in [2.45, 2.75) is 17.8 Å². The average molecular weight is 321 g/mol. The number of imidazole rings is 1. The second-order valence-electron chi connectivity index (χ2n) is 5.32. The van der Waals surface area contributed by atoms with Crippen LogP contribution in [0.2, 0.25) is 0 Å². The molecule has 6 heteroatoms. The van der Waals surface area contributed by atoms with Crippen molar-refractivity contribution in [3.8, 4) is 11.4 Å². The maximum Gasteiger partial charge on any atom is 0.209 e. The van der Waals surface area contributed by atoms with E-state index in [0.29, 0.717) is 0 Å². The molecule has 1 N–H and O–H groups in total. The highest BCUT2D eigenvalue weighted by Crippen LogP contribution is 2.22. The van der Waals surface area contributed by atoms with E-state index in [0.717, 1.165) is 33.6 Å². The largest absolute Gasteiger partial charge is 0.307 e. The molecule has 114 valence electrons. The van der Waals surface area contributed by atoms with Gasteiger partial charge in [0.25, 0.3) is 0 Å². The van der Waals surface area contributed by atoms with Crippen molar-refractivity contribution >= 4 is 17.4 Å². The second kappa shape index (κ2) is 5.89. The monoisotopic (exact) mass is 321 g/mol. The Morgan fingerprint density at radius 1 is 1.09 bits per heavy atom. The minimum atomic E-state index is 0.734. The van der Waals surface area contributed by atoms with Crippen LogP contribution in [0, 0.1) is 6.92 Å². The Morgan fingerprint density at radius 2 is 1.96 bits per heavy atom. The molecule has 4 rings (SSSR count). The number of hydrogen-bond acceptors (Lipinski definition) is 4. The van der Waals surface area contributed by atoms with Crippen molar-refractivity contribution in [2.24, 2.45) is 0 Å². The first-order valence-electron chi connectivity index (χ1n) is 7.33. The molecule has 4 aromatic rings. The van der Waals surface area contributed by atoms with Crippen LogP contribution in [-0.4, -0.2) is 24.6 Å². The number of pyridine rings is 1. The standard InChI is InChI=1S/C17H15N5S/c1-12-5-7-13(8-6-12)16-19-17(21-20-16)23-11-14-10-22-9-3-2-4-15(22)18-14/h2-10H,11H2,1H3,(H,19,20,21). The molecule has 0 spiro atoms. The van der Waals surface area contributed by atoms with Crippen molar-refractivity contribution in [3.63, 3.8) is 0 Å². The van der Waals surface area contributed by atoms with E-state index in [9.17, 15) is 0 Å². The number of aromatic amines is 1. The van der Waals surface area contributed by atoms with Gasteiger partial charge in [-0.3, -0.25) is 5.10 Å². The number of nitrogens with one attached hydrogen (secondary N) is 1. The summed E-state index contributed by atoms with van der Waals surface area (Å²) in [5.74, 6) is 1.54. The molecule has 0 atom stereocenters. The number of nitrogens with zero attached hydrogens (tertiary/aromatic N) is 4. The topological polar surface area (TPSA) is 58.9 Å². The van der Waals surface area contributed by atoms with Crippen LogP contribution >= 0.6 is 11.8 Å². The number of aromatic nitrogens is 5. The Bertz CT molecular complexity index is 906. The fourth-order valence-corrected chi connectivity index (χ4v) is 3.03. The average Bonchev–Trinajstić information content (AvgIpc) is 3.20. The van der Waals surface area contributed by atoms with E-state index in [1.54, 1.807) is 11.8 Å². The maximum atomic E-state index is 4.58. The lowest BCUT2D eigenvalue weighted by Gasteiger charge is -1.96. The van der Waals surface area contributed by atoms with E-state index in [1.807, 2.05) is 47.1 Å². The van der Waals surface area contributed by atoms with Gasteiger partial charge in [-0.15, -0.1) is 5.10 Å². The van der Waals surface area contributed by atoms with E-state index >= 15 is 0 Å². The van der Waals surface area contributed by atoms with Crippen LogP contribution in [0.25, 0.3) is 17.0 Å². The highest BCUT2D eigenvalue weighted by Gasteiger charge is 2.08. The Labute approximate surface area is 137 Å². The molecule has 0 aliphatic rings. The van der Waals surface area contributed by atoms with Gasteiger partial charge in [0.15, 0.2) is 5.82 Å². The molecule has 0 amide bonds. The predicted molar refractivity (Wildman–Crippen MR) is 91.3 cm³/mol. The molecular weight excluding hydrogens is 306 g/mol. The number of thioether (sulfide) groups is 1. The third-order valence-corrected chi connectivity index (χ3v) is 4.43. The molecule has 3 aromatic heterocycles. The number of fused-ring (bicyclic) bond motifs is 1. The van der Waals surface area contributed by atoms with Crippen LogP contribution in [0.1, 0.15) is 11.3 Å². The van der Waals surface area contributed by atoms with Gasteiger partial charge in [-0.05, 0) is 19.1 Å². The lowest BCUT2D eigenvalue weighted by Crippen LogP contribution is -1.82. The molecule has 1 aromatic carbocycles. The summed E-state index contributed by atoms with van der Waals surface area (Å²) in [5.41, 5.74) is 4.25. The Balaban J connectivity index is 1.48. The maximum absolute atomic E-state index is 4.58. The lowest BCUT2D eigenvalue weighted by atomic mass is 10.1. The highest BCUT2D eigenvalue weighted by molar-refractivity contribution is 7.98. The first-order chi connectivity index (χ1) is 11.3. The van der Waals surface area contributed by atoms with Crippen LogP contribution in [0.15, 0.2) is 60.0 Å². The van der Waals surface area contributed by atoms with Gasteiger partial charge in [0.1, 0.15) is 5.65 Å². The van der Waals surface area contributed by atoms with Gasteiger partial charge in [0, 0.05) is 23.7 Å². The molecule has 0 bridgehead atoms. The SMILES string of the molecule is Cc1ccc(-c2nc(SCc3cn4ccccc4n3)n[nH]2)cc1. The number of hydrogen-bond donors (Lipinski definition) is 1. The first-order valence-corrected chi connectivity index (χ1v) is 8.31. The zero-order chi connectivity index (χ0) is 15.6. The molecule has 0 unspecified atom stereocenters. The van der Waals surface area contributed by atoms with Crippen molar-refractivity contribution < 1.29 is 0 Å². The summed E-state index contributed by atoms with van der Waals surface area (Å²) in [7, 11) is 0. The Hall–Kier alpha value is -2.60. The van der Waals surface area contributed by atoms with E-state index in [1.165, 1.54) is 5.56 Å². The van der Waals surface area contributed by atoms with E-state index in [-0.39, 0.29) is 0 Å². The van der Waals surface area contributed by atoms with Gasteiger partial charge < -0.3 is 4.40 Å². The molecule has 5 nitrogen and oxygen atoms in total. The summed E-state index contributed by atoms with van der Waals surface area (Å²) >= 11 is 1.58. The summed E-state index contributed by atoms with van der Waals surface area (Å²) in [5, 5.41) is 8.01. The number of H-pyrrole nitrogens is 1. The van der Waals surface area contributed by atoms with Crippen molar-refractivity contribution in [2.75, 3.05) is 0 Å². The highest BCUT2D eigenvalue weighted by atomic mass is 32.2. The quantitative estimate of drug-likeness (QED) is 0.582. The summed E-state index contributed by atoms with van der Waals surface area (Å²) < 4.78 is 2.02. The third kappa shape index (κ3) is 2.98. The van der Waals surface area contributed by atoms with Gasteiger partial charge in [0.05, 0.1) is 5.69 Å². The summed E-state index contributed by atoms with van der Waals surface area (Å²) in [4.78, 5) is 9.12. The molecule has 3 heterocycles. The molecule has 0 aliphatic heterocycles. The Kier molecular flexibility index (Phi) is 3.59. The summed E-state index contributed by atoms with van der Waals surface area (Å²) in [6.45, 7) is 2.07. The van der Waals surface area contributed by atoms with Gasteiger partial charge >= 0.3 is 0 Å².